The van der Waals surface area contributed by atoms with E-state index in [1.54, 1.807) is 12.1 Å². The van der Waals surface area contributed by atoms with Crippen LogP contribution in [0.2, 0.25) is 0 Å². The molecule has 0 fully saturated rings. The molecular weight excluding hydrogens is 582 g/mol. The van der Waals surface area contributed by atoms with Gasteiger partial charge in [-0.15, -0.1) is 11.3 Å². The van der Waals surface area contributed by atoms with Gasteiger partial charge in [-0.2, -0.15) is 18.4 Å². The maximum atomic E-state index is 14.3. The molecule has 0 amide bonds. The van der Waals surface area contributed by atoms with E-state index >= 15 is 0 Å². The molecule has 0 aliphatic heterocycles. The molecule has 0 saturated heterocycles. The van der Waals surface area contributed by atoms with Gasteiger partial charge in [0.1, 0.15) is 17.6 Å². The van der Waals surface area contributed by atoms with E-state index in [4.69, 9.17) is 4.74 Å². The summed E-state index contributed by atoms with van der Waals surface area (Å²) in [5.74, 6) is -1.17. The van der Waals surface area contributed by atoms with E-state index in [0.29, 0.717) is 17.2 Å². The van der Waals surface area contributed by atoms with Crippen molar-refractivity contribution in [2.45, 2.75) is 11.1 Å². The second-order valence-corrected chi connectivity index (χ2v) is 10.8. The van der Waals surface area contributed by atoms with Crippen molar-refractivity contribution in [3.05, 3.63) is 101 Å². The summed E-state index contributed by atoms with van der Waals surface area (Å²) in [5, 5.41) is 11.2. The average molecular weight is 598 g/mol. The summed E-state index contributed by atoms with van der Waals surface area (Å²) >= 11 is 1.20. The summed E-state index contributed by atoms with van der Waals surface area (Å²) in [5.41, 5.74) is 1.12. The van der Waals surface area contributed by atoms with E-state index in [0.717, 1.165) is 18.2 Å². The Morgan fingerprint density at radius 2 is 1.80 bits per heavy atom. The number of nitriles is 1. The van der Waals surface area contributed by atoms with Crippen LogP contribution < -0.4 is 9.46 Å². The largest absolute Gasteiger partial charge is 0.454 e. The number of benzene rings is 2. The van der Waals surface area contributed by atoms with Crippen molar-refractivity contribution in [1.29, 1.82) is 5.26 Å². The Bertz CT molecular complexity index is 1880. The van der Waals surface area contributed by atoms with Crippen molar-refractivity contribution >= 4 is 27.2 Å². The number of aromatic nitrogens is 3. The fourth-order valence-electron chi connectivity index (χ4n) is 3.76. The number of anilines is 1. The molecule has 0 aliphatic carbocycles. The highest BCUT2D eigenvalue weighted by Gasteiger charge is 2.34. The lowest BCUT2D eigenvalue weighted by Gasteiger charge is -2.15. The highest BCUT2D eigenvalue weighted by atomic mass is 32.2. The van der Waals surface area contributed by atoms with Crippen LogP contribution in [0.15, 0.2) is 89.0 Å². The number of nitrogens with zero attached hydrogens (tertiary/aromatic N) is 4. The monoisotopic (exact) mass is 597 g/mol. The van der Waals surface area contributed by atoms with Gasteiger partial charge in [0, 0.05) is 34.5 Å². The number of alkyl halides is 3. The minimum absolute atomic E-state index is 0.0142. The van der Waals surface area contributed by atoms with Crippen LogP contribution in [0.1, 0.15) is 11.1 Å². The van der Waals surface area contributed by atoms with E-state index in [-0.39, 0.29) is 39.0 Å². The zero-order chi connectivity index (χ0) is 29.2. The number of hydrogen-bond acceptors (Lipinski definition) is 8. The Balaban J connectivity index is 1.52. The second kappa shape index (κ2) is 11.0. The standard InChI is InChI=1S/C27H15F4N5O3S2/c28-22-9-16(3-5-21(22)27(29,30)31)23-10-20(17-2-1-7-33-12-17)25(13-34-23)39-24-6-4-19(8-18(24)11-32)41(37,38)36-26-14-40-15-35-26/h1-10,12-15,36H. The Morgan fingerprint density at radius 3 is 2.46 bits per heavy atom. The SMILES string of the molecule is N#Cc1cc(S(=O)(=O)Nc2cscn2)ccc1Oc1cnc(-c2ccc(C(F)(F)F)c(F)c2)cc1-c1cccnc1. The van der Waals surface area contributed by atoms with Crippen molar-refractivity contribution in [3.8, 4) is 40.0 Å². The minimum atomic E-state index is -4.85. The van der Waals surface area contributed by atoms with Crippen molar-refractivity contribution in [1.82, 2.24) is 15.0 Å². The summed E-state index contributed by atoms with van der Waals surface area (Å²) in [6, 6.07) is 12.9. The van der Waals surface area contributed by atoms with Gasteiger partial charge in [-0.25, -0.2) is 17.8 Å². The third-order valence-electron chi connectivity index (χ3n) is 5.68. The topological polar surface area (TPSA) is 118 Å². The lowest BCUT2D eigenvalue weighted by Crippen LogP contribution is -2.13. The van der Waals surface area contributed by atoms with Crippen molar-refractivity contribution in [2.75, 3.05) is 4.72 Å². The first-order valence-corrected chi connectivity index (χ1v) is 13.9. The number of pyridine rings is 2. The summed E-state index contributed by atoms with van der Waals surface area (Å²) in [4.78, 5) is 12.0. The molecule has 206 valence electrons. The maximum absolute atomic E-state index is 14.3. The molecule has 1 N–H and O–H groups in total. The molecular formula is C27H15F4N5O3S2. The van der Waals surface area contributed by atoms with E-state index in [9.17, 15) is 31.2 Å². The van der Waals surface area contributed by atoms with Crippen LogP contribution in [-0.2, 0) is 16.2 Å². The highest BCUT2D eigenvalue weighted by Crippen LogP contribution is 2.38. The van der Waals surface area contributed by atoms with Crippen LogP contribution in [0, 0.1) is 17.1 Å². The molecule has 0 bridgehead atoms. The summed E-state index contributed by atoms with van der Waals surface area (Å²) in [6.07, 6.45) is -0.546. The van der Waals surface area contributed by atoms with Gasteiger partial charge in [0.05, 0.1) is 33.4 Å². The lowest BCUT2D eigenvalue weighted by atomic mass is 10.0. The quantitative estimate of drug-likeness (QED) is 0.203. The molecule has 0 saturated carbocycles. The number of sulfonamides is 1. The minimum Gasteiger partial charge on any atom is -0.454 e. The van der Waals surface area contributed by atoms with E-state index < -0.39 is 27.6 Å². The van der Waals surface area contributed by atoms with Crippen LogP contribution in [0.25, 0.3) is 22.4 Å². The third-order valence-corrected chi connectivity index (χ3v) is 7.62. The molecule has 3 aromatic heterocycles. The number of nitrogens with one attached hydrogen (secondary N) is 1. The molecule has 41 heavy (non-hydrogen) atoms. The predicted molar refractivity (Wildman–Crippen MR) is 142 cm³/mol. The lowest BCUT2D eigenvalue weighted by molar-refractivity contribution is -0.139. The Hall–Kier alpha value is -4.87. The van der Waals surface area contributed by atoms with Crippen LogP contribution in [0.4, 0.5) is 23.4 Å². The average Bonchev–Trinajstić information content (AvgIpc) is 3.45. The Kier molecular flexibility index (Phi) is 7.40. The normalized spacial score (nSPS) is 11.6. The molecule has 2 aromatic carbocycles. The molecule has 0 atom stereocenters. The van der Waals surface area contributed by atoms with E-state index in [1.165, 1.54) is 59.0 Å². The van der Waals surface area contributed by atoms with Crippen molar-refractivity contribution < 1.29 is 30.7 Å². The van der Waals surface area contributed by atoms with Crippen LogP contribution >= 0.6 is 11.3 Å². The second-order valence-electron chi connectivity index (χ2n) is 8.35. The van der Waals surface area contributed by atoms with Gasteiger partial charge in [-0.1, -0.05) is 12.1 Å². The van der Waals surface area contributed by atoms with Crippen LogP contribution in [0.5, 0.6) is 11.5 Å². The predicted octanol–water partition coefficient (Wildman–Crippen LogP) is 6.89. The molecule has 0 aliphatic rings. The summed E-state index contributed by atoms with van der Waals surface area (Å²) < 4.78 is 87.1. The maximum Gasteiger partial charge on any atom is 0.419 e. The van der Waals surface area contributed by atoms with Gasteiger partial charge in [-0.05, 0) is 42.5 Å². The van der Waals surface area contributed by atoms with Crippen molar-refractivity contribution in [2.24, 2.45) is 0 Å². The van der Waals surface area contributed by atoms with Gasteiger partial charge in [0.25, 0.3) is 10.0 Å². The summed E-state index contributed by atoms with van der Waals surface area (Å²) in [7, 11) is -4.04. The zero-order valence-electron chi connectivity index (χ0n) is 20.4. The fraction of sp³-hybridized carbons (Fsp3) is 0.0370. The molecule has 0 unspecified atom stereocenters. The molecule has 0 radical (unpaired) electrons. The number of halogens is 4. The van der Waals surface area contributed by atoms with Gasteiger partial charge < -0.3 is 4.74 Å². The number of ether oxygens (including phenoxy) is 1. The first-order valence-electron chi connectivity index (χ1n) is 11.5. The van der Waals surface area contributed by atoms with Crippen LogP contribution in [0.3, 0.4) is 0 Å². The Morgan fingerprint density at radius 1 is 0.976 bits per heavy atom. The first kappa shape index (κ1) is 27.7. The van der Waals surface area contributed by atoms with Gasteiger partial charge in [0.15, 0.2) is 11.6 Å². The number of hydrogen-bond donors (Lipinski definition) is 1. The van der Waals surface area contributed by atoms with Crippen molar-refractivity contribution in [3.63, 3.8) is 0 Å². The number of thiazole rings is 1. The summed E-state index contributed by atoms with van der Waals surface area (Å²) in [6.45, 7) is 0. The molecule has 5 aromatic rings. The number of rotatable bonds is 7. The zero-order valence-corrected chi connectivity index (χ0v) is 22.1. The third kappa shape index (κ3) is 6.01. The molecule has 8 nitrogen and oxygen atoms in total. The van der Waals surface area contributed by atoms with Gasteiger partial charge in [-0.3, -0.25) is 14.7 Å². The Labute approximate surface area is 234 Å². The molecule has 3 heterocycles. The first-order chi connectivity index (χ1) is 19.5. The molecule has 5 rings (SSSR count). The highest BCUT2D eigenvalue weighted by molar-refractivity contribution is 7.92. The molecule has 0 spiro atoms. The smallest absolute Gasteiger partial charge is 0.419 e. The van der Waals surface area contributed by atoms with Gasteiger partial charge >= 0.3 is 6.18 Å². The van der Waals surface area contributed by atoms with E-state index in [2.05, 4.69) is 19.7 Å². The van der Waals surface area contributed by atoms with E-state index in [1.807, 2.05) is 6.07 Å². The fourth-order valence-corrected chi connectivity index (χ4v) is 5.35. The van der Waals surface area contributed by atoms with Crippen LogP contribution in [-0.4, -0.2) is 23.4 Å². The molecule has 14 heteroatoms. The van der Waals surface area contributed by atoms with Gasteiger partial charge in [0.2, 0.25) is 0 Å².